The molecular formula is C30H35Cl2N3O4S. The van der Waals surface area contributed by atoms with Crippen molar-refractivity contribution in [3.63, 3.8) is 0 Å². The Balaban J connectivity index is 2.07. The SMILES string of the molecule is CCC(C)NC(=O)C(CC)N(Cc1ccccc1Cl)C(=O)CN(c1cccc(Cl)c1)S(=O)(=O)c1ccc(C)cc1. The van der Waals surface area contributed by atoms with Gasteiger partial charge in [-0.05, 0) is 68.7 Å². The molecule has 0 aliphatic carbocycles. The summed E-state index contributed by atoms with van der Waals surface area (Å²) in [5.74, 6) is -0.866. The van der Waals surface area contributed by atoms with Crippen LogP contribution in [0.15, 0.2) is 77.7 Å². The molecule has 3 aromatic rings. The van der Waals surface area contributed by atoms with Gasteiger partial charge in [0.25, 0.3) is 10.0 Å². The molecule has 2 amide bonds. The quantitative estimate of drug-likeness (QED) is 0.266. The van der Waals surface area contributed by atoms with Crippen LogP contribution in [0, 0.1) is 6.92 Å². The smallest absolute Gasteiger partial charge is 0.264 e. The predicted molar refractivity (Wildman–Crippen MR) is 161 cm³/mol. The van der Waals surface area contributed by atoms with Gasteiger partial charge in [0, 0.05) is 22.6 Å². The van der Waals surface area contributed by atoms with Crippen molar-refractivity contribution in [2.45, 2.75) is 64.1 Å². The fraction of sp³-hybridized carbons (Fsp3) is 0.333. The van der Waals surface area contributed by atoms with E-state index >= 15 is 0 Å². The molecule has 0 fully saturated rings. The Labute approximate surface area is 247 Å². The van der Waals surface area contributed by atoms with Crippen LogP contribution in [0.3, 0.4) is 0 Å². The number of benzene rings is 3. The first-order valence-corrected chi connectivity index (χ1v) is 15.4. The van der Waals surface area contributed by atoms with Crippen LogP contribution in [-0.2, 0) is 26.2 Å². The average Bonchev–Trinajstić information content (AvgIpc) is 2.92. The van der Waals surface area contributed by atoms with Crippen molar-refractivity contribution in [3.05, 3.63) is 94.0 Å². The summed E-state index contributed by atoms with van der Waals surface area (Å²) < 4.78 is 28.8. The zero-order valence-electron chi connectivity index (χ0n) is 23.1. The average molecular weight is 605 g/mol. The van der Waals surface area contributed by atoms with Gasteiger partial charge in [-0.1, -0.05) is 79.0 Å². The highest BCUT2D eigenvalue weighted by Crippen LogP contribution is 2.28. The highest BCUT2D eigenvalue weighted by molar-refractivity contribution is 7.92. The largest absolute Gasteiger partial charge is 0.352 e. The summed E-state index contributed by atoms with van der Waals surface area (Å²) in [7, 11) is -4.17. The van der Waals surface area contributed by atoms with Crippen molar-refractivity contribution in [1.82, 2.24) is 10.2 Å². The molecule has 0 saturated carbocycles. The number of hydrogen-bond acceptors (Lipinski definition) is 4. The van der Waals surface area contributed by atoms with E-state index in [1.165, 1.54) is 23.1 Å². The number of halogens is 2. The lowest BCUT2D eigenvalue weighted by atomic mass is 10.1. The third-order valence-electron chi connectivity index (χ3n) is 6.67. The Morgan fingerprint density at radius 2 is 1.60 bits per heavy atom. The van der Waals surface area contributed by atoms with Crippen LogP contribution in [-0.4, -0.2) is 43.8 Å². The van der Waals surface area contributed by atoms with Gasteiger partial charge in [0.15, 0.2) is 0 Å². The van der Waals surface area contributed by atoms with Gasteiger partial charge < -0.3 is 10.2 Å². The van der Waals surface area contributed by atoms with E-state index in [2.05, 4.69) is 5.32 Å². The number of anilines is 1. The lowest BCUT2D eigenvalue weighted by Gasteiger charge is -2.34. The first-order chi connectivity index (χ1) is 19.0. The second-order valence-corrected chi connectivity index (χ2v) is 12.4. The lowest BCUT2D eigenvalue weighted by Crippen LogP contribution is -2.53. The molecule has 2 unspecified atom stereocenters. The first kappa shape index (κ1) is 31.5. The Hall–Kier alpha value is -3.07. The number of carbonyl (C=O) groups excluding carboxylic acids is 2. The summed E-state index contributed by atoms with van der Waals surface area (Å²) in [6.45, 7) is 6.99. The predicted octanol–water partition coefficient (Wildman–Crippen LogP) is 6.22. The van der Waals surface area contributed by atoms with Crippen molar-refractivity contribution < 1.29 is 18.0 Å². The van der Waals surface area contributed by atoms with E-state index < -0.39 is 28.5 Å². The molecule has 2 atom stereocenters. The highest BCUT2D eigenvalue weighted by Gasteiger charge is 2.34. The van der Waals surface area contributed by atoms with E-state index in [-0.39, 0.29) is 29.1 Å². The molecule has 0 radical (unpaired) electrons. The van der Waals surface area contributed by atoms with Gasteiger partial charge >= 0.3 is 0 Å². The molecule has 0 spiro atoms. The Morgan fingerprint density at radius 3 is 2.20 bits per heavy atom. The number of carbonyl (C=O) groups is 2. The molecule has 3 aromatic carbocycles. The number of rotatable bonds is 12. The minimum Gasteiger partial charge on any atom is -0.352 e. The van der Waals surface area contributed by atoms with Crippen LogP contribution >= 0.6 is 23.2 Å². The summed E-state index contributed by atoms with van der Waals surface area (Å²) in [5.41, 5.74) is 1.77. The highest BCUT2D eigenvalue weighted by atomic mass is 35.5. The fourth-order valence-corrected chi connectivity index (χ4v) is 5.95. The Morgan fingerprint density at radius 1 is 0.925 bits per heavy atom. The van der Waals surface area contributed by atoms with Crippen LogP contribution in [0.1, 0.15) is 44.7 Å². The van der Waals surface area contributed by atoms with Crippen molar-refractivity contribution in [2.75, 3.05) is 10.8 Å². The standard InChI is InChI=1S/C30H35Cl2N3O4S/c1-5-22(4)33-30(37)28(6-2)34(19-23-10-7-8-13-27(23)32)29(36)20-35(25-12-9-11-24(31)18-25)40(38,39)26-16-14-21(3)15-17-26/h7-18,22,28H,5-6,19-20H2,1-4H3,(H,33,37). The van der Waals surface area contributed by atoms with E-state index in [1.807, 2.05) is 27.7 Å². The fourth-order valence-electron chi connectivity index (χ4n) is 4.17. The minimum absolute atomic E-state index is 0.0267. The molecule has 0 aliphatic heterocycles. The second kappa shape index (κ2) is 14.0. The van der Waals surface area contributed by atoms with Gasteiger partial charge in [-0.25, -0.2) is 8.42 Å². The van der Waals surface area contributed by atoms with E-state index in [9.17, 15) is 18.0 Å². The summed E-state index contributed by atoms with van der Waals surface area (Å²) in [6.07, 6.45) is 1.04. The maximum Gasteiger partial charge on any atom is 0.264 e. The monoisotopic (exact) mass is 603 g/mol. The molecule has 0 aromatic heterocycles. The van der Waals surface area contributed by atoms with Gasteiger partial charge in [0.1, 0.15) is 12.6 Å². The zero-order valence-corrected chi connectivity index (χ0v) is 25.4. The molecule has 0 saturated heterocycles. The van der Waals surface area contributed by atoms with Crippen LogP contribution in [0.5, 0.6) is 0 Å². The first-order valence-electron chi connectivity index (χ1n) is 13.2. The Kier molecular flexibility index (Phi) is 11.0. The second-order valence-electron chi connectivity index (χ2n) is 9.66. The zero-order chi connectivity index (χ0) is 29.4. The number of aryl methyl sites for hydroxylation is 1. The Bertz CT molecular complexity index is 1430. The van der Waals surface area contributed by atoms with Crippen molar-refractivity contribution in [3.8, 4) is 0 Å². The van der Waals surface area contributed by atoms with Crippen LogP contribution in [0.4, 0.5) is 5.69 Å². The summed E-state index contributed by atoms with van der Waals surface area (Å²) in [5, 5.41) is 3.72. The molecule has 40 heavy (non-hydrogen) atoms. The van der Waals surface area contributed by atoms with Gasteiger partial charge in [-0.15, -0.1) is 0 Å². The number of nitrogens with one attached hydrogen (secondary N) is 1. The van der Waals surface area contributed by atoms with E-state index in [0.717, 1.165) is 16.3 Å². The van der Waals surface area contributed by atoms with Gasteiger partial charge in [0.05, 0.1) is 10.6 Å². The maximum atomic E-state index is 14.1. The summed E-state index contributed by atoms with van der Waals surface area (Å²) in [4.78, 5) is 28.8. The summed E-state index contributed by atoms with van der Waals surface area (Å²) in [6, 6.07) is 18.8. The normalized spacial score (nSPS) is 12.8. The number of amides is 2. The topological polar surface area (TPSA) is 86.8 Å². The molecule has 0 aliphatic rings. The number of nitrogens with zero attached hydrogens (tertiary/aromatic N) is 2. The van der Waals surface area contributed by atoms with Crippen molar-refractivity contribution >= 4 is 50.7 Å². The van der Waals surface area contributed by atoms with Crippen molar-refractivity contribution in [2.24, 2.45) is 0 Å². The van der Waals surface area contributed by atoms with Crippen LogP contribution in [0.2, 0.25) is 10.0 Å². The molecule has 214 valence electrons. The van der Waals surface area contributed by atoms with Crippen LogP contribution < -0.4 is 9.62 Å². The molecule has 3 rings (SSSR count). The van der Waals surface area contributed by atoms with Gasteiger partial charge in [0.2, 0.25) is 11.8 Å². The third kappa shape index (κ3) is 7.77. The molecule has 1 N–H and O–H groups in total. The lowest BCUT2D eigenvalue weighted by molar-refractivity contribution is -0.140. The van der Waals surface area contributed by atoms with E-state index in [0.29, 0.717) is 22.0 Å². The molecular weight excluding hydrogens is 569 g/mol. The van der Waals surface area contributed by atoms with Crippen molar-refractivity contribution in [1.29, 1.82) is 0 Å². The molecule has 0 heterocycles. The molecule has 10 heteroatoms. The van der Waals surface area contributed by atoms with Gasteiger partial charge in [-0.3, -0.25) is 13.9 Å². The maximum absolute atomic E-state index is 14.1. The van der Waals surface area contributed by atoms with E-state index in [4.69, 9.17) is 23.2 Å². The minimum atomic E-state index is -4.17. The van der Waals surface area contributed by atoms with E-state index in [1.54, 1.807) is 54.6 Å². The molecule has 0 bridgehead atoms. The third-order valence-corrected chi connectivity index (χ3v) is 9.06. The van der Waals surface area contributed by atoms with Gasteiger partial charge in [-0.2, -0.15) is 0 Å². The summed E-state index contributed by atoms with van der Waals surface area (Å²) >= 11 is 12.7. The molecule has 7 nitrogen and oxygen atoms in total. The number of sulfonamides is 1. The number of hydrogen-bond donors (Lipinski definition) is 1. The van der Waals surface area contributed by atoms with Crippen LogP contribution in [0.25, 0.3) is 0 Å².